The standard InChI is InChI=1S/C11H10ClF2N3O/c1-18-3-2-17-6-15-16-11(17)7-4-10(14)8(12)5-9(7)13/h4-6H,2-3H2,1H3. The lowest BCUT2D eigenvalue weighted by atomic mass is 10.2. The van der Waals surface area contributed by atoms with Crippen LogP contribution in [-0.4, -0.2) is 28.5 Å². The third-order valence-electron chi connectivity index (χ3n) is 2.40. The zero-order chi connectivity index (χ0) is 13.1. The summed E-state index contributed by atoms with van der Waals surface area (Å²) < 4.78 is 33.6. The van der Waals surface area contributed by atoms with Crippen LogP contribution >= 0.6 is 11.6 Å². The Morgan fingerprint density at radius 1 is 1.33 bits per heavy atom. The Morgan fingerprint density at radius 2 is 2.11 bits per heavy atom. The summed E-state index contributed by atoms with van der Waals surface area (Å²) in [5.74, 6) is -1.11. The largest absolute Gasteiger partial charge is 0.383 e. The summed E-state index contributed by atoms with van der Waals surface area (Å²) in [6.45, 7) is 0.866. The van der Waals surface area contributed by atoms with E-state index in [0.717, 1.165) is 12.1 Å². The van der Waals surface area contributed by atoms with Gasteiger partial charge in [0.15, 0.2) is 5.82 Å². The third kappa shape index (κ3) is 2.49. The fourth-order valence-electron chi connectivity index (χ4n) is 1.51. The number of methoxy groups -OCH3 is 1. The van der Waals surface area contributed by atoms with Crippen molar-refractivity contribution in [1.82, 2.24) is 14.8 Å². The molecule has 96 valence electrons. The molecule has 0 amide bonds. The third-order valence-corrected chi connectivity index (χ3v) is 2.69. The average Bonchev–Trinajstić information content (AvgIpc) is 2.79. The first-order valence-corrected chi connectivity index (χ1v) is 5.53. The fourth-order valence-corrected chi connectivity index (χ4v) is 1.66. The molecule has 0 saturated heterocycles. The van der Waals surface area contributed by atoms with Crippen LogP contribution in [0.3, 0.4) is 0 Å². The van der Waals surface area contributed by atoms with Crippen molar-refractivity contribution in [2.75, 3.05) is 13.7 Å². The molecule has 0 aliphatic heterocycles. The van der Waals surface area contributed by atoms with E-state index in [1.807, 2.05) is 0 Å². The van der Waals surface area contributed by atoms with E-state index in [9.17, 15) is 8.78 Å². The molecule has 0 N–H and O–H groups in total. The molecular weight excluding hydrogens is 264 g/mol. The monoisotopic (exact) mass is 273 g/mol. The molecule has 1 aromatic heterocycles. The van der Waals surface area contributed by atoms with Crippen molar-refractivity contribution in [3.8, 4) is 11.4 Å². The zero-order valence-corrected chi connectivity index (χ0v) is 10.3. The van der Waals surface area contributed by atoms with Crippen molar-refractivity contribution in [2.45, 2.75) is 6.54 Å². The first-order chi connectivity index (χ1) is 8.63. The number of hydrogen-bond acceptors (Lipinski definition) is 3. The van der Waals surface area contributed by atoms with Crippen LogP contribution in [0.25, 0.3) is 11.4 Å². The highest BCUT2D eigenvalue weighted by atomic mass is 35.5. The van der Waals surface area contributed by atoms with Gasteiger partial charge in [0.25, 0.3) is 0 Å². The van der Waals surface area contributed by atoms with Gasteiger partial charge in [0, 0.05) is 13.7 Å². The molecule has 4 nitrogen and oxygen atoms in total. The number of benzene rings is 1. The summed E-state index contributed by atoms with van der Waals surface area (Å²) in [6.07, 6.45) is 1.43. The molecule has 18 heavy (non-hydrogen) atoms. The number of rotatable bonds is 4. The van der Waals surface area contributed by atoms with Gasteiger partial charge in [-0.15, -0.1) is 10.2 Å². The van der Waals surface area contributed by atoms with Crippen LogP contribution in [0.5, 0.6) is 0 Å². The molecule has 0 aliphatic rings. The average molecular weight is 274 g/mol. The molecule has 1 heterocycles. The van der Waals surface area contributed by atoms with Gasteiger partial charge in [-0.25, -0.2) is 8.78 Å². The molecular formula is C11H10ClF2N3O. The molecule has 0 spiro atoms. The quantitative estimate of drug-likeness (QED) is 0.804. The molecule has 1 aromatic carbocycles. The van der Waals surface area contributed by atoms with Gasteiger partial charge < -0.3 is 9.30 Å². The van der Waals surface area contributed by atoms with E-state index in [1.165, 1.54) is 6.33 Å². The number of aromatic nitrogens is 3. The molecule has 0 saturated carbocycles. The van der Waals surface area contributed by atoms with Crippen molar-refractivity contribution in [2.24, 2.45) is 0 Å². The maximum atomic E-state index is 13.7. The van der Waals surface area contributed by atoms with Crippen molar-refractivity contribution in [3.05, 3.63) is 35.1 Å². The summed E-state index contributed by atoms with van der Waals surface area (Å²) in [7, 11) is 1.55. The van der Waals surface area contributed by atoms with Crippen molar-refractivity contribution in [1.29, 1.82) is 0 Å². The number of hydrogen-bond donors (Lipinski definition) is 0. The lowest BCUT2D eigenvalue weighted by Gasteiger charge is -2.07. The summed E-state index contributed by atoms with van der Waals surface area (Å²) in [5, 5.41) is 7.19. The van der Waals surface area contributed by atoms with Crippen molar-refractivity contribution < 1.29 is 13.5 Å². The highest BCUT2D eigenvalue weighted by Gasteiger charge is 2.15. The molecule has 2 aromatic rings. The van der Waals surface area contributed by atoms with Crippen LogP contribution in [0.4, 0.5) is 8.78 Å². The summed E-state index contributed by atoms with van der Waals surface area (Å²) in [6, 6.07) is 1.92. The van der Waals surface area contributed by atoms with Gasteiger partial charge in [0.05, 0.1) is 17.2 Å². The van der Waals surface area contributed by atoms with Crippen LogP contribution in [0.2, 0.25) is 5.02 Å². The molecule has 7 heteroatoms. The first kappa shape index (κ1) is 12.9. The number of halogens is 3. The van der Waals surface area contributed by atoms with Crippen LogP contribution in [0, 0.1) is 11.6 Å². The van der Waals surface area contributed by atoms with Gasteiger partial charge in [-0.3, -0.25) is 0 Å². The van der Waals surface area contributed by atoms with E-state index in [4.69, 9.17) is 16.3 Å². The minimum absolute atomic E-state index is 0.0190. The van der Waals surface area contributed by atoms with Gasteiger partial charge in [-0.2, -0.15) is 0 Å². The van der Waals surface area contributed by atoms with E-state index in [-0.39, 0.29) is 16.4 Å². The van der Waals surface area contributed by atoms with Crippen LogP contribution in [-0.2, 0) is 11.3 Å². The SMILES string of the molecule is COCCn1cnnc1-c1cc(F)c(Cl)cc1F. The molecule has 2 rings (SSSR count). The highest BCUT2D eigenvalue weighted by molar-refractivity contribution is 6.30. The Hall–Kier alpha value is -1.53. The van der Waals surface area contributed by atoms with Gasteiger partial charge in [0.1, 0.15) is 18.0 Å². The van der Waals surface area contributed by atoms with Gasteiger partial charge >= 0.3 is 0 Å². The lowest BCUT2D eigenvalue weighted by Crippen LogP contribution is -2.06. The smallest absolute Gasteiger partial charge is 0.166 e. The van der Waals surface area contributed by atoms with Gasteiger partial charge in [-0.1, -0.05) is 11.6 Å². The fraction of sp³-hybridized carbons (Fsp3) is 0.273. The predicted octanol–water partition coefficient (Wildman–Crippen LogP) is 2.52. The highest BCUT2D eigenvalue weighted by Crippen LogP contribution is 2.26. The molecule has 0 atom stereocenters. The maximum absolute atomic E-state index is 13.7. The maximum Gasteiger partial charge on any atom is 0.166 e. The summed E-state index contributed by atoms with van der Waals surface area (Å²) in [4.78, 5) is 0. The van der Waals surface area contributed by atoms with Crippen LogP contribution < -0.4 is 0 Å². The van der Waals surface area contributed by atoms with Crippen molar-refractivity contribution in [3.63, 3.8) is 0 Å². The number of ether oxygens (including phenoxy) is 1. The van der Waals surface area contributed by atoms with Gasteiger partial charge in [0.2, 0.25) is 0 Å². The molecule has 0 unspecified atom stereocenters. The van der Waals surface area contributed by atoms with E-state index in [2.05, 4.69) is 10.2 Å². The Morgan fingerprint density at radius 3 is 2.83 bits per heavy atom. The van der Waals surface area contributed by atoms with Crippen LogP contribution in [0.15, 0.2) is 18.5 Å². The minimum atomic E-state index is -0.700. The Balaban J connectivity index is 2.42. The molecule has 0 fully saturated rings. The number of nitrogens with zero attached hydrogens (tertiary/aromatic N) is 3. The normalized spacial score (nSPS) is 10.9. The second-order valence-electron chi connectivity index (χ2n) is 3.59. The minimum Gasteiger partial charge on any atom is -0.383 e. The second-order valence-corrected chi connectivity index (χ2v) is 3.99. The zero-order valence-electron chi connectivity index (χ0n) is 9.53. The Kier molecular flexibility index (Phi) is 3.88. The molecule has 0 radical (unpaired) electrons. The molecule has 0 bridgehead atoms. The van der Waals surface area contributed by atoms with E-state index < -0.39 is 11.6 Å². The van der Waals surface area contributed by atoms with E-state index in [1.54, 1.807) is 11.7 Å². The second kappa shape index (κ2) is 5.41. The summed E-state index contributed by atoms with van der Waals surface area (Å²) in [5.41, 5.74) is 0.0190. The van der Waals surface area contributed by atoms with Crippen molar-refractivity contribution >= 4 is 11.6 Å². The van der Waals surface area contributed by atoms with Crippen LogP contribution in [0.1, 0.15) is 0 Å². The first-order valence-electron chi connectivity index (χ1n) is 5.15. The van der Waals surface area contributed by atoms with E-state index in [0.29, 0.717) is 13.2 Å². The van der Waals surface area contributed by atoms with Gasteiger partial charge in [-0.05, 0) is 12.1 Å². The topological polar surface area (TPSA) is 39.9 Å². The Labute approximate surface area is 107 Å². The molecule has 0 aliphatic carbocycles. The summed E-state index contributed by atoms with van der Waals surface area (Å²) >= 11 is 5.49. The van der Waals surface area contributed by atoms with E-state index >= 15 is 0 Å². The predicted molar refractivity (Wildman–Crippen MR) is 62.3 cm³/mol. The lowest BCUT2D eigenvalue weighted by molar-refractivity contribution is 0.187. The Bertz CT molecular complexity index is 559.